The Hall–Kier alpha value is -3.03. The lowest BCUT2D eigenvalue weighted by atomic mass is 10.1. The van der Waals surface area contributed by atoms with Crippen molar-refractivity contribution in [2.45, 2.75) is 31.1 Å². The summed E-state index contributed by atoms with van der Waals surface area (Å²) in [6, 6.07) is 18.6. The number of aryl methyl sites for hydroxylation is 1. The predicted molar refractivity (Wildman–Crippen MR) is 134 cm³/mol. The number of rotatable bonds is 6. The van der Waals surface area contributed by atoms with Gasteiger partial charge in [-0.05, 0) is 92.4 Å². The van der Waals surface area contributed by atoms with E-state index < -0.39 is 10.0 Å². The lowest BCUT2D eigenvalue weighted by molar-refractivity contribution is 0.102. The highest BCUT2D eigenvalue weighted by Crippen LogP contribution is 2.24. The van der Waals surface area contributed by atoms with Crippen LogP contribution < -0.4 is 14.9 Å². The number of sulfonamides is 1. The molecule has 0 radical (unpaired) electrons. The fraction of sp³-hybridized carbons (Fsp3) is 0.240. The Kier molecular flexibility index (Phi) is 6.91. The van der Waals surface area contributed by atoms with Gasteiger partial charge in [0.1, 0.15) is 0 Å². The average molecular weight is 484 g/mol. The second-order valence-corrected chi connectivity index (χ2v) is 10.2. The van der Waals surface area contributed by atoms with E-state index >= 15 is 0 Å². The first-order valence-corrected chi connectivity index (χ1v) is 12.7. The smallest absolute Gasteiger partial charge is 0.261 e. The van der Waals surface area contributed by atoms with Crippen LogP contribution in [0.25, 0.3) is 0 Å². The summed E-state index contributed by atoms with van der Waals surface area (Å²) in [4.78, 5) is 15.0. The van der Waals surface area contributed by atoms with E-state index in [1.165, 1.54) is 31.4 Å². The molecular formula is C25H26ClN3O3S. The first-order chi connectivity index (χ1) is 15.8. The van der Waals surface area contributed by atoms with Crippen LogP contribution in [0.5, 0.6) is 0 Å². The van der Waals surface area contributed by atoms with Crippen LogP contribution in [0, 0.1) is 6.92 Å². The fourth-order valence-electron chi connectivity index (χ4n) is 3.77. The third-order valence-electron chi connectivity index (χ3n) is 5.70. The molecule has 3 aromatic rings. The monoisotopic (exact) mass is 483 g/mol. The predicted octanol–water partition coefficient (Wildman–Crippen LogP) is 5.69. The van der Waals surface area contributed by atoms with Gasteiger partial charge in [-0.1, -0.05) is 17.7 Å². The molecule has 0 saturated carbocycles. The van der Waals surface area contributed by atoms with Crippen molar-refractivity contribution in [3.8, 4) is 0 Å². The van der Waals surface area contributed by atoms with Gasteiger partial charge in [-0.25, -0.2) is 8.42 Å². The molecule has 1 aliphatic rings. The molecule has 1 fully saturated rings. The molecule has 0 spiro atoms. The third kappa shape index (κ3) is 5.67. The molecule has 0 aliphatic carbocycles. The number of hydrogen-bond donors (Lipinski definition) is 2. The Morgan fingerprint density at radius 3 is 2.15 bits per heavy atom. The number of carbonyl (C=O) groups is 1. The Bertz CT molecular complexity index is 1240. The van der Waals surface area contributed by atoms with E-state index in [9.17, 15) is 13.2 Å². The van der Waals surface area contributed by atoms with Crippen LogP contribution in [0.1, 0.15) is 35.2 Å². The maximum atomic E-state index is 12.7. The van der Waals surface area contributed by atoms with Crippen molar-refractivity contribution in [2.24, 2.45) is 0 Å². The van der Waals surface area contributed by atoms with Crippen molar-refractivity contribution in [3.63, 3.8) is 0 Å². The molecule has 1 amide bonds. The van der Waals surface area contributed by atoms with Gasteiger partial charge in [0.25, 0.3) is 15.9 Å². The largest absolute Gasteiger partial charge is 0.372 e. The second kappa shape index (κ2) is 9.85. The topological polar surface area (TPSA) is 78.5 Å². The van der Waals surface area contributed by atoms with Gasteiger partial charge in [0, 0.05) is 35.1 Å². The molecule has 1 saturated heterocycles. The summed E-state index contributed by atoms with van der Waals surface area (Å²) in [6.07, 6.45) is 3.66. The summed E-state index contributed by atoms with van der Waals surface area (Å²) >= 11 is 6.08. The van der Waals surface area contributed by atoms with Crippen LogP contribution in [0.15, 0.2) is 71.6 Å². The zero-order valence-corrected chi connectivity index (χ0v) is 19.9. The van der Waals surface area contributed by atoms with Crippen LogP contribution >= 0.6 is 11.6 Å². The summed E-state index contributed by atoms with van der Waals surface area (Å²) in [5.41, 5.74) is 3.43. The number of anilines is 3. The molecule has 6 nitrogen and oxygen atoms in total. The number of nitrogens with one attached hydrogen (secondary N) is 2. The molecule has 172 valence electrons. The molecule has 1 aliphatic heterocycles. The minimum Gasteiger partial charge on any atom is -0.372 e. The molecule has 0 aromatic heterocycles. The molecule has 0 unspecified atom stereocenters. The number of carbonyl (C=O) groups excluding carboxylic acids is 1. The third-order valence-corrected chi connectivity index (χ3v) is 7.50. The summed E-state index contributed by atoms with van der Waals surface area (Å²) in [7, 11) is -3.78. The van der Waals surface area contributed by atoms with Crippen molar-refractivity contribution in [3.05, 3.63) is 82.9 Å². The first kappa shape index (κ1) is 23.1. The van der Waals surface area contributed by atoms with E-state index in [1.54, 1.807) is 30.3 Å². The highest BCUT2D eigenvalue weighted by atomic mass is 35.5. The fourth-order valence-corrected chi connectivity index (χ4v) is 5.00. The highest BCUT2D eigenvalue weighted by Gasteiger charge is 2.16. The van der Waals surface area contributed by atoms with Crippen LogP contribution in [0.4, 0.5) is 17.1 Å². The molecule has 0 bridgehead atoms. The Balaban J connectivity index is 1.40. The Morgan fingerprint density at radius 1 is 0.879 bits per heavy atom. The maximum Gasteiger partial charge on any atom is 0.261 e. The maximum absolute atomic E-state index is 12.7. The van der Waals surface area contributed by atoms with Gasteiger partial charge in [0.2, 0.25) is 0 Å². The Labute approximate surface area is 199 Å². The highest BCUT2D eigenvalue weighted by molar-refractivity contribution is 7.92. The van der Waals surface area contributed by atoms with Crippen molar-refractivity contribution >= 4 is 44.6 Å². The van der Waals surface area contributed by atoms with Crippen LogP contribution in [0.3, 0.4) is 0 Å². The number of nitrogens with zero attached hydrogens (tertiary/aromatic N) is 1. The van der Waals surface area contributed by atoms with E-state index in [1.807, 2.05) is 31.2 Å². The summed E-state index contributed by atoms with van der Waals surface area (Å²) in [6.45, 7) is 3.94. The zero-order valence-electron chi connectivity index (χ0n) is 18.3. The molecule has 0 atom stereocenters. The lowest BCUT2D eigenvalue weighted by Crippen LogP contribution is -2.29. The van der Waals surface area contributed by atoms with Crippen molar-refractivity contribution in [1.82, 2.24) is 0 Å². The van der Waals surface area contributed by atoms with Gasteiger partial charge >= 0.3 is 0 Å². The molecule has 2 N–H and O–H groups in total. The number of hydrogen-bond acceptors (Lipinski definition) is 4. The summed E-state index contributed by atoms with van der Waals surface area (Å²) in [5, 5.41) is 3.30. The van der Waals surface area contributed by atoms with Gasteiger partial charge in [-0.2, -0.15) is 0 Å². The number of piperidine rings is 1. The second-order valence-electron chi connectivity index (χ2n) is 8.14. The van der Waals surface area contributed by atoms with E-state index in [4.69, 9.17) is 11.6 Å². The van der Waals surface area contributed by atoms with E-state index in [2.05, 4.69) is 14.9 Å². The molecule has 8 heteroatoms. The van der Waals surface area contributed by atoms with Crippen LogP contribution in [0.2, 0.25) is 5.02 Å². The molecule has 3 aromatic carbocycles. The zero-order chi connectivity index (χ0) is 23.4. The number of amides is 1. The van der Waals surface area contributed by atoms with Crippen molar-refractivity contribution in [2.75, 3.05) is 28.0 Å². The normalized spacial score (nSPS) is 14.1. The molecule has 4 rings (SSSR count). The minimum absolute atomic E-state index is 0.0862. The van der Waals surface area contributed by atoms with Gasteiger partial charge in [-0.3, -0.25) is 9.52 Å². The standard InChI is InChI=1S/C25H26ClN3O3S/c1-18-5-8-21(17-24(18)26)28-33(31,32)23-13-9-20(10-14-23)27-25(30)19-6-11-22(12-7-19)29-15-3-2-4-16-29/h5-14,17,28H,2-4,15-16H2,1H3,(H,27,30). The van der Waals surface area contributed by atoms with Gasteiger partial charge < -0.3 is 10.2 Å². The molecule has 33 heavy (non-hydrogen) atoms. The SMILES string of the molecule is Cc1ccc(NS(=O)(=O)c2ccc(NC(=O)c3ccc(N4CCCCC4)cc3)cc2)cc1Cl. The number of benzene rings is 3. The van der Waals surface area contributed by atoms with Crippen LogP contribution in [-0.2, 0) is 10.0 Å². The summed E-state index contributed by atoms with van der Waals surface area (Å²) < 4.78 is 27.9. The summed E-state index contributed by atoms with van der Waals surface area (Å²) in [5.74, 6) is -0.247. The minimum atomic E-state index is -3.78. The molecular weight excluding hydrogens is 458 g/mol. The van der Waals surface area contributed by atoms with Gasteiger partial charge in [0.15, 0.2) is 0 Å². The van der Waals surface area contributed by atoms with E-state index in [0.717, 1.165) is 24.3 Å². The van der Waals surface area contributed by atoms with Crippen molar-refractivity contribution < 1.29 is 13.2 Å². The quantitative estimate of drug-likeness (QED) is 0.472. The average Bonchev–Trinajstić information content (AvgIpc) is 2.82. The van der Waals surface area contributed by atoms with E-state index in [0.29, 0.717) is 22.0 Å². The van der Waals surface area contributed by atoms with Gasteiger partial charge in [0.05, 0.1) is 10.6 Å². The molecule has 1 heterocycles. The van der Waals surface area contributed by atoms with Crippen molar-refractivity contribution in [1.29, 1.82) is 0 Å². The first-order valence-electron chi connectivity index (χ1n) is 10.9. The van der Waals surface area contributed by atoms with Crippen LogP contribution in [-0.4, -0.2) is 27.4 Å². The van der Waals surface area contributed by atoms with E-state index in [-0.39, 0.29) is 10.8 Å². The Morgan fingerprint density at radius 2 is 1.52 bits per heavy atom. The number of halogens is 1. The lowest BCUT2D eigenvalue weighted by Gasteiger charge is -2.28. The van der Waals surface area contributed by atoms with Gasteiger partial charge in [-0.15, -0.1) is 0 Å².